The van der Waals surface area contributed by atoms with E-state index < -0.39 is 29.6 Å². The molecule has 1 aliphatic heterocycles. The highest BCUT2D eigenvalue weighted by Crippen LogP contribution is 2.45. The maximum atomic E-state index is 14.4. The van der Waals surface area contributed by atoms with Gasteiger partial charge in [0.25, 0.3) is 5.91 Å². The van der Waals surface area contributed by atoms with Crippen LogP contribution < -0.4 is 14.4 Å². The molecule has 1 aromatic heterocycles. The summed E-state index contributed by atoms with van der Waals surface area (Å²) in [5.41, 5.74) is 1.71. The van der Waals surface area contributed by atoms with E-state index in [4.69, 9.17) is 35.7 Å². The molecule has 0 saturated carbocycles. The van der Waals surface area contributed by atoms with E-state index >= 15 is 0 Å². The molecule has 1 aliphatic rings. The molecule has 228 valence electrons. The number of ether oxygens (including phenoxy) is 4. The van der Waals surface area contributed by atoms with Crippen molar-refractivity contribution in [2.24, 2.45) is 5.41 Å². The van der Waals surface area contributed by atoms with Crippen LogP contribution in [0.5, 0.6) is 11.5 Å². The number of hydrogen-bond donors (Lipinski definition) is 1. The molecule has 0 unspecified atom stereocenters. The average molecular weight is 629 g/mol. The molecule has 0 spiro atoms. The summed E-state index contributed by atoms with van der Waals surface area (Å²) in [5, 5.41) is 11.7. The summed E-state index contributed by atoms with van der Waals surface area (Å²) in [5.74, 6) is -0.873. The Hall–Kier alpha value is -3.93. The number of carboxylic acids is 1. The number of para-hydroxylation sites is 1. The lowest BCUT2D eigenvalue weighted by Crippen LogP contribution is -2.46. The Morgan fingerprint density at radius 3 is 2.63 bits per heavy atom. The van der Waals surface area contributed by atoms with E-state index in [0.29, 0.717) is 44.0 Å². The number of halogens is 1. The van der Waals surface area contributed by atoms with Gasteiger partial charge in [-0.1, -0.05) is 37.6 Å². The minimum atomic E-state index is -1.09. The van der Waals surface area contributed by atoms with E-state index in [0.717, 1.165) is 6.08 Å². The number of carboxylic acid groups (broad SMARTS) is 1. The summed E-state index contributed by atoms with van der Waals surface area (Å²) in [7, 11) is 3.07. The van der Waals surface area contributed by atoms with Gasteiger partial charge in [-0.15, -0.1) is 11.3 Å². The third kappa shape index (κ3) is 7.73. The number of benzene rings is 2. The minimum Gasteiger partial charge on any atom is -0.493 e. The number of fused-ring (bicyclic) bond motifs is 1. The second-order valence-corrected chi connectivity index (χ2v) is 12.1. The van der Waals surface area contributed by atoms with Crippen LogP contribution in [0.1, 0.15) is 48.7 Å². The Balaban J connectivity index is 1.84. The number of hydrogen-bond acceptors (Lipinski definition) is 9. The van der Waals surface area contributed by atoms with Crippen LogP contribution in [0.25, 0.3) is 6.08 Å². The van der Waals surface area contributed by atoms with E-state index in [2.05, 4.69) is 4.98 Å². The molecule has 0 radical (unpaired) electrons. The predicted molar refractivity (Wildman–Crippen MR) is 163 cm³/mol. The number of methoxy groups -OCH3 is 2. The van der Waals surface area contributed by atoms with Gasteiger partial charge in [-0.25, -0.2) is 9.78 Å². The van der Waals surface area contributed by atoms with Crippen LogP contribution in [0.15, 0.2) is 47.9 Å². The first-order valence-electron chi connectivity index (χ1n) is 13.4. The van der Waals surface area contributed by atoms with E-state index in [-0.39, 0.29) is 25.5 Å². The number of aliphatic carboxylic acids is 1. The fourth-order valence-corrected chi connectivity index (χ4v) is 5.78. The third-order valence-corrected chi connectivity index (χ3v) is 7.82. The fourth-order valence-electron chi connectivity index (χ4n) is 4.81. The van der Waals surface area contributed by atoms with E-state index in [1.165, 1.54) is 31.4 Å². The number of nitrogens with zero attached hydrogens (tertiary/aromatic N) is 2. The van der Waals surface area contributed by atoms with Gasteiger partial charge in [0.05, 0.1) is 31.5 Å². The zero-order valence-corrected chi connectivity index (χ0v) is 26.0. The number of amides is 1. The smallest absolute Gasteiger partial charge is 0.328 e. The molecule has 2 heterocycles. The maximum absolute atomic E-state index is 14.4. The summed E-state index contributed by atoms with van der Waals surface area (Å²) in [6.45, 7) is 5.46. The predicted octanol–water partition coefficient (Wildman–Crippen LogP) is 5.56. The molecule has 3 aromatic rings. The standard InChI is InChI=1S/C31H33ClN2O8S/c1-18(35)41-17-31(2,3)16-34-23-11-9-19(32)13-22(23)28(21-7-6-8-24(39-4)29(21)40-5)42-25(30(34)38)14-26-33-20(15-43-26)10-12-27(36)37/h6-13,15,25,28H,14,16-17H2,1-5H3,(H,36,37)/t25-,28-/m1/s1. The lowest BCUT2D eigenvalue weighted by atomic mass is 9.92. The van der Waals surface area contributed by atoms with E-state index in [9.17, 15) is 14.4 Å². The largest absolute Gasteiger partial charge is 0.493 e. The molecule has 10 nitrogen and oxygen atoms in total. The Labute approximate surface area is 258 Å². The van der Waals surface area contributed by atoms with Gasteiger partial charge in [0.2, 0.25) is 0 Å². The molecule has 4 rings (SSSR count). The van der Waals surface area contributed by atoms with Gasteiger partial charge < -0.3 is 29.0 Å². The number of carbonyl (C=O) groups excluding carboxylic acids is 2. The van der Waals surface area contributed by atoms with Crippen LogP contribution in [-0.4, -0.2) is 61.4 Å². The molecular formula is C31H33ClN2O8S. The van der Waals surface area contributed by atoms with Gasteiger partial charge in [-0.2, -0.15) is 0 Å². The van der Waals surface area contributed by atoms with Crippen molar-refractivity contribution >= 4 is 52.5 Å². The summed E-state index contributed by atoms with van der Waals surface area (Å²) < 4.78 is 23.3. The second kappa shape index (κ2) is 13.6. The zero-order chi connectivity index (χ0) is 31.3. The SMILES string of the molecule is COc1cccc([C@H]2O[C@H](Cc3nc(C=CC(=O)O)cs3)C(=O)N(CC(C)(C)COC(C)=O)c3ccc(Cl)cc32)c1OC. The van der Waals surface area contributed by atoms with Crippen LogP contribution in [0.4, 0.5) is 5.69 Å². The van der Waals surface area contributed by atoms with Crippen LogP contribution in [0.2, 0.25) is 5.02 Å². The van der Waals surface area contributed by atoms with Crippen molar-refractivity contribution in [2.45, 2.75) is 39.4 Å². The van der Waals surface area contributed by atoms with Crippen LogP contribution in [-0.2, 0) is 30.3 Å². The molecule has 1 N–H and O–H groups in total. The van der Waals surface area contributed by atoms with Crippen LogP contribution >= 0.6 is 22.9 Å². The molecular weight excluding hydrogens is 596 g/mol. The highest BCUT2D eigenvalue weighted by Gasteiger charge is 2.40. The molecule has 43 heavy (non-hydrogen) atoms. The van der Waals surface area contributed by atoms with Crippen molar-refractivity contribution in [1.29, 1.82) is 0 Å². The summed E-state index contributed by atoms with van der Waals surface area (Å²) in [4.78, 5) is 43.1. The van der Waals surface area contributed by atoms with Gasteiger partial charge in [-0.05, 0) is 30.3 Å². The molecule has 2 aromatic carbocycles. The van der Waals surface area contributed by atoms with Crippen molar-refractivity contribution in [3.8, 4) is 11.5 Å². The fraction of sp³-hybridized carbons (Fsp3) is 0.355. The van der Waals surface area contributed by atoms with Crippen molar-refractivity contribution in [2.75, 3.05) is 32.3 Å². The number of rotatable bonds is 11. The Bertz CT molecular complexity index is 1540. The van der Waals surface area contributed by atoms with Crippen LogP contribution in [0.3, 0.4) is 0 Å². The van der Waals surface area contributed by atoms with E-state index in [1.54, 1.807) is 41.7 Å². The third-order valence-electron chi connectivity index (χ3n) is 6.70. The Morgan fingerprint density at radius 1 is 1.19 bits per heavy atom. The van der Waals surface area contributed by atoms with Crippen molar-refractivity contribution in [3.05, 3.63) is 74.7 Å². The highest BCUT2D eigenvalue weighted by molar-refractivity contribution is 7.09. The molecule has 0 bridgehead atoms. The zero-order valence-electron chi connectivity index (χ0n) is 24.5. The Morgan fingerprint density at radius 2 is 1.95 bits per heavy atom. The monoisotopic (exact) mass is 628 g/mol. The number of esters is 1. The molecule has 0 aliphatic carbocycles. The number of anilines is 1. The number of aromatic nitrogens is 1. The van der Waals surface area contributed by atoms with Gasteiger partial charge in [0, 0.05) is 58.6 Å². The average Bonchev–Trinajstić information content (AvgIpc) is 3.39. The molecule has 0 saturated heterocycles. The summed E-state index contributed by atoms with van der Waals surface area (Å²) in [6, 6.07) is 10.7. The lowest BCUT2D eigenvalue weighted by Gasteiger charge is -2.33. The minimum absolute atomic E-state index is 0.0967. The van der Waals surface area contributed by atoms with Crippen LogP contribution in [0, 0.1) is 5.41 Å². The van der Waals surface area contributed by atoms with Gasteiger partial charge in [0.1, 0.15) is 12.2 Å². The van der Waals surface area contributed by atoms with Gasteiger partial charge in [-0.3, -0.25) is 9.59 Å². The van der Waals surface area contributed by atoms with Crippen molar-refractivity contribution in [1.82, 2.24) is 4.98 Å². The number of carbonyl (C=O) groups is 3. The molecule has 2 atom stereocenters. The first-order valence-corrected chi connectivity index (χ1v) is 14.6. The normalized spacial score (nSPS) is 17.0. The second-order valence-electron chi connectivity index (χ2n) is 10.7. The first-order chi connectivity index (χ1) is 20.4. The van der Waals surface area contributed by atoms with Crippen molar-refractivity contribution in [3.63, 3.8) is 0 Å². The molecule has 0 fully saturated rings. The summed E-state index contributed by atoms with van der Waals surface area (Å²) in [6.07, 6.45) is 0.726. The van der Waals surface area contributed by atoms with Gasteiger partial charge in [0.15, 0.2) is 11.5 Å². The molecule has 12 heteroatoms. The first kappa shape index (κ1) is 32.0. The Kier molecular flexibility index (Phi) is 10.1. The lowest BCUT2D eigenvalue weighted by molar-refractivity contribution is -0.143. The molecule has 1 amide bonds. The van der Waals surface area contributed by atoms with Crippen molar-refractivity contribution < 1.29 is 38.4 Å². The highest BCUT2D eigenvalue weighted by atomic mass is 35.5. The quantitative estimate of drug-likeness (QED) is 0.214. The topological polar surface area (TPSA) is 124 Å². The number of thiazole rings is 1. The van der Waals surface area contributed by atoms with Gasteiger partial charge >= 0.3 is 11.9 Å². The van der Waals surface area contributed by atoms with E-state index in [1.807, 2.05) is 26.0 Å². The summed E-state index contributed by atoms with van der Waals surface area (Å²) >= 11 is 7.81. The maximum Gasteiger partial charge on any atom is 0.328 e.